The van der Waals surface area contributed by atoms with Crippen LogP contribution in [0.3, 0.4) is 0 Å². The number of ether oxygens (including phenoxy) is 2. The van der Waals surface area contributed by atoms with Crippen molar-refractivity contribution in [3.8, 4) is 5.88 Å². The SMILES string of the molecule is CC1CNCC(COc2ncc(Br)cc2F)O1. The number of hydrogen-bond acceptors (Lipinski definition) is 4. The van der Waals surface area contributed by atoms with Gasteiger partial charge in [0.25, 0.3) is 5.88 Å². The zero-order valence-corrected chi connectivity index (χ0v) is 11.0. The molecule has 2 atom stereocenters. The molecule has 94 valence electrons. The van der Waals surface area contributed by atoms with Gasteiger partial charge in [-0.3, -0.25) is 0 Å². The maximum atomic E-state index is 13.4. The highest BCUT2D eigenvalue weighted by Gasteiger charge is 2.20. The van der Waals surface area contributed by atoms with E-state index in [1.807, 2.05) is 6.92 Å². The molecule has 1 aliphatic heterocycles. The zero-order valence-electron chi connectivity index (χ0n) is 9.45. The normalized spacial score (nSPS) is 24.6. The summed E-state index contributed by atoms with van der Waals surface area (Å²) in [6.07, 6.45) is 1.59. The van der Waals surface area contributed by atoms with Crippen molar-refractivity contribution >= 4 is 15.9 Å². The second-order valence-corrected chi connectivity index (χ2v) is 4.89. The molecule has 0 spiro atoms. The highest BCUT2D eigenvalue weighted by Crippen LogP contribution is 2.18. The van der Waals surface area contributed by atoms with Crippen LogP contribution >= 0.6 is 15.9 Å². The number of aromatic nitrogens is 1. The standard InChI is InChI=1S/C11H14BrFN2O2/c1-7-3-14-5-9(17-7)6-16-11-10(13)2-8(12)4-15-11/h2,4,7,9,14H,3,5-6H2,1H3. The average molecular weight is 305 g/mol. The lowest BCUT2D eigenvalue weighted by atomic mass is 10.2. The number of rotatable bonds is 3. The molecular weight excluding hydrogens is 291 g/mol. The van der Waals surface area contributed by atoms with Gasteiger partial charge in [-0.2, -0.15) is 0 Å². The van der Waals surface area contributed by atoms with Crippen LogP contribution in [0.4, 0.5) is 4.39 Å². The van der Waals surface area contributed by atoms with Crippen LogP contribution in [0, 0.1) is 5.82 Å². The molecule has 0 bridgehead atoms. The fourth-order valence-electron chi connectivity index (χ4n) is 1.65. The Labute approximate surface area is 108 Å². The lowest BCUT2D eigenvalue weighted by Crippen LogP contribution is -2.45. The van der Waals surface area contributed by atoms with E-state index < -0.39 is 5.82 Å². The molecule has 0 saturated carbocycles. The molecule has 1 aliphatic rings. The topological polar surface area (TPSA) is 43.4 Å². The average Bonchev–Trinajstić information content (AvgIpc) is 2.28. The molecule has 0 radical (unpaired) electrons. The Bertz CT molecular complexity index is 392. The molecule has 1 saturated heterocycles. The van der Waals surface area contributed by atoms with E-state index in [9.17, 15) is 4.39 Å². The van der Waals surface area contributed by atoms with Gasteiger partial charge in [-0.25, -0.2) is 9.37 Å². The number of pyridine rings is 1. The number of nitrogens with one attached hydrogen (secondary N) is 1. The van der Waals surface area contributed by atoms with Crippen LogP contribution < -0.4 is 10.1 Å². The van der Waals surface area contributed by atoms with Gasteiger partial charge in [0.2, 0.25) is 0 Å². The van der Waals surface area contributed by atoms with Crippen molar-refractivity contribution in [1.82, 2.24) is 10.3 Å². The van der Waals surface area contributed by atoms with Crippen LogP contribution in [0.1, 0.15) is 6.92 Å². The summed E-state index contributed by atoms with van der Waals surface area (Å²) in [4.78, 5) is 3.86. The molecule has 4 nitrogen and oxygen atoms in total. The van der Waals surface area contributed by atoms with Crippen molar-refractivity contribution in [2.24, 2.45) is 0 Å². The molecule has 2 unspecified atom stereocenters. The van der Waals surface area contributed by atoms with E-state index in [1.54, 1.807) is 0 Å². The second-order valence-electron chi connectivity index (χ2n) is 3.98. The quantitative estimate of drug-likeness (QED) is 0.924. The van der Waals surface area contributed by atoms with Crippen molar-refractivity contribution in [3.63, 3.8) is 0 Å². The molecule has 1 aromatic rings. The monoisotopic (exact) mass is 304 g/mol. The first-order valence-electron chi connectivity index (χ1n) is 5.45. The maximum Gasteiger partial charge on any atom is 0.250 e. The van der Waals surface area contributed by atoms with Crippen molar-refractivity contribution < 1.29 is 13.9 Å². The Balaban J connectivity index is 1.88. The van der Waals surface area contributed by atoms with E-state index in [2.05, 4.69) is 26.2 Å². The summed E-state index contributed by atoms with van der Waals surface area (Å²) >= 11 is 3.14. The molecule has 0 aromatic carbocycles. The third-order valence-corrected chi connectivity index (χ3v) is 2.84. The summed E-state index contributed by atoms with van der Waals surface area (Å²) in [5.41, 5.74) is 0. The first kappa shape index (κ1) is 12.7. The Morgan fingerprint density at radius 2 is 2.47 bits per heavy atom. The third-order valence-electron chi connectivity index (χ3n) is 2.41. The number of nitrogens with zero attached hydrogens (tertiary/aromatic N) is 1. The van der Waals surface area contributed by atoms with Gasteiger partial charge in [-0.1, -0.05) is 0 Å². The lowest BCUT2D eigenvalue weighted by Gasteiger charge is -2.28. The van der Waals surface area contributed by atoms with Crippen molar-refractivity contribution in [2.45, 2.75) is 19.1 Å². The molecule has 1 N–H and O–H groups in total. The molecule has 1 fully saturated rings. The van der Waals surface area contributed by atoms with E-state index >= 15 is 0 Å². The van der Waals surface area contributed by atoms with Crippen LogP contribution in [0.25, 0.3) is 0 Å². The van der Waals surface area contributed by atoms with Crippen molar-refractivity contribution in [2.75, 3.05) is 19.7 Å². The van der Waals surface area contributed by atoms with Crippen LogP contribution in [0.15, 0.2) is 16.7 Å². The summed E-state index contributed by atoms with van der Waals surface area (Å²) in [5.74, 6) is -0.466. The first-order chi connectivity index (χ1) is 8.15. The van der Waals surface area contributed by atoms with Gasteiger partial charge in [-0.15, -0.1) is 0 Å². The fourth-order valence-corrected chi connectivity index (χ4v) is 1.95. The summed E-state index contributed by atoms with van der Waals surface area (Å²) in [6.45, 7) is 3.82. The molecule has 2 rings (SSSR count). The first-order valence-corrected chi connectivity index (χ1v) is 6.24. The van der Waals surface area contributed by atoms with Crippen LogP contribution in [-0.4, -0.2) is 36.9 Å². The van der Waals surface area contributed by atoms with E-state index in [4.69, 9.17) is 9.47 Å². The van der Waals surface area contributed by atoms with E-state index in [0.29, 0.717) is 17.6 Å². The summed E-state index contributed by atoms with van der Waals surface area (Å²) in [6, 6.07) is 1.32. The van der Waals surface area contributed by atoms with Gasteiger partial charge in [0.15, 0.2) is 5.82 Å². The molecule has 0 amide bonds. The van der Waals surface area contributed by atoms with Crippen LogP contribution in [0.2, 0.25) is 0 Å². The summed E-state index contributed by atoms with van der Waals surface area (Å²) in [7, 11) is 0. The number of halogens is 2. The molecule has 2 heterocycles. The minimum atomic E-state index is -0.476. The van der Waals surface area contributed by atoms with Crippen molar-refractivity contribution in [1.29, 1.82) is 0 Å². The highest BCUT2D eigenvalue weighted by atomic mass is 79.9. The maximum absolute atomic E-state index is 13.4. The molecule has 17 heavy (non-hydrogen) atoms. The lowest BCUT2D eigenvalue weighted by molar-refractivity contribution is -0.0481. The molecule has 1 aromatic heterocycles. The van der Waals surface area contributed by atoms with Gasteiger partial charge in [-0.05, 0) is 28.9 Å². The molecular formula is C11H14BrFN2O2. The third kappa shape index (κ3) is 3.62. The molecule has 0 aliphatic carbocycles. The van der Waals surface area contributed by atoms with Crippen molar-refractivity contribution in [3.05, 3.63) is 22.6 Å². The van der Waals surface area contributed by atoms with Crippen LogP contribution in [-0.2, 0) is 4.74 Å². The Hall–Kier alpha value is -0.720. The van der Waals surface area contributed by atoms with E-state index in [0.717, 1.165) is 6.54 Å². The second kappa shape index (κ2) is 5.75. The largest absolute Gasteiger partial charge is 0.473 e. The minimum absolute atomic E-state index is 0.00928. The minimum Gasteiger partial charge on any atom is -0.473 e. The zero-order chi connectivity index (χ0) is 12.3. The van der Waals surface area contributed by atoms with Crippen LogP contribution in [0.5, 0.6) is 5.88 Å². The predicted molar refractivity (Wildman–Crippen MR) is 64.6 cm³/mol. The Morgan fingerprint density at radius 1 is 1.65 bits per heavy atom. The predicted octanol–water partition coefficient (Wildman–Crippen LogP) is 1.74. The summed E-state index contributed by atoms with van der Waals surface area (Å²) < 4.78 is 24.9. The highest BCUT2D eigenvalue weighted by molar-refractivity contribution is 9.10. The number of hydrogen-bond donors (Lipinski definition) is 1. The smallest absolute Gasteiger partial charge is 0.250 e. The fraction of sp³-hybridized carbons (Fsp3) is 0.545. The Morgan fingerprint density at radius 3 is 3.18 bits per heavy atom. The van der Waals surface area contributed by atoms with E-state index in [1.165, 1.54) is 12.3 Å². The van der Waals surface area contributed by atoms with Gasteiger partial charge in [0.1, 0.15) is 12.7 Å². The summed E-state index contributed by atoms with van der Waals surface area (Å²) in [5, 5.41) is 3.22. The molecule has 6 heteroatoms. The van der Waals surface area contributed by atoms with Gasteiger partial charge in [0, 0.05) is 23.8 Å². The van der Waals surface area contributed by atoms with Gasteiger partial charge >= 0.3 is 0 Å². The van der Waals surface area contributed by atoms with Gasteiger partial charge < -0.3 is 14.8 Å². The Kier molecular flexibility index (Phi) is 4.31. The van der Waals surface area contributed by atoms with E-state index in [-0.39, 0.29) is 18.1 Å². The van der Waals surface area contributed by atoms with Gasteiger partial charge in [0.05, 0.1) is 6.10 Å². The number of morpholine rings is 1.